The van der Waals surface area contributed by atoms with Crippen LogP contribution in [-0.2, 0) is 18.3 Å². The third kappa shape index (κ3) is 10.2. The Balaban J connectivity index is 0.000000150. The number of nitrogens with two attached hydrogens (primary N) is 1. The van der Waals surface area contributed by atoms with Gasteiger partial charge in [-0.2, -0.15) is 0 Å². The molecule has 6 aromatic carbocycles. The van der Waals surface area contributed by atoms with Crippen LogP contribution in [0.15, 0.2) is 160 Å². The fourth-order valence-corrected chi connectivity index (χ4v) is 11.1. The van der Waals surface area contributed by atoms with Gasteiger partial charge in [0.15, 0.2) is 18.8 Å². The number of anilines is 1. The number of carbonyl (C=O) groups is 2. The molecular formula is C64H47F4IN8O8. The van der Waals surface area contributed by atoms with Crippen LogP contribution in [0.25, 0.3) is 112 Å². The van der Waals surface area contributed by atoms with Crippen LogP contribution in [0.2, 0.25) is 0 Å². The summed E-state index contributed by atoms with van der Waals surface area (Å²) in [7, 11) is 3.08. The molecule has 8 heterocycles. The van der Waals surface area contributed by atoms with Crippen LogP contribution in [0.3, 0.4) is 0 Å². The minimum absolute atomic E-state index is 0.237. The number of nitrogens with one attached hydrogen (secondary N) is 2. The minimum atomic E-state index is -0.429. The second kappa shape index (κ2) is 21.9. The largest absolute Gasteiger partial charge is 0.470 e. The number of ether oxygens (including phenoxy) is 2. The highest BCUT2D eigenvalue weighted by Crippen LogP contribution is 2.45. The van der Waals surface area contributed by atoms with E-state index in [0.29, 0.717) is 118 Å². The number of nitrogen functional groups attached to an aromatic ring is 1. The number of rotatable bonds is 7. The lowest BCUT2D eigenvalue weighted by Gasteiger charge is -2.21. The van der Waals surface area contributed by atoms with E-state index in [0.717, 1.165) is 26.0 Å². The first-order valence-electron chi connectivity index (χ1n) is 26.4. The molecular weight excluding hydrogens is 1210 g/mol. The van der Waals surface area contributed by atoms with Crippen LogP contribution < -0.4 is 25.8 Å². The van der Waals surface area contributed by atoms with Crippen LogP contribution in [0.5, 0.6) is 11.5 Å². The Morgan fingerprint density at radius 1 is 0.600 bits per heavy atom. The number of pyridine rings is 2. The third-order valence-electron chi connectivity index (χ3n) is 14.3. The first-order chi connectivity index (χ1) is 40.9. The van der Waals surface area contributed by atoms with E-state index in [9.17, 15) is 32.1 Å². The maximum atomic E-state index is 14.5. The van der Waals surface area contributed by atoms with E-state index in [4.69, 9.17) is 34.0 Å². The lowest BCUT2D eigenvalue weighted by molar-refractivity contribution is -0.00230. The van der Waals surface area contributed by atoms with Gasteiger partial charge in [0.25, 0.3) is 11.8 Å². The summed E-state index contributed by atoms with van der Waals surface area (Å²) < 4.78 is 84.9. The van der Waals surface area contributed by atoms with Crippen molar-refractivity contribution in [2.24, 2.45) is 5.34 Å². The van der Waals surface area contributed by atoms with E-state index < -0.39 is 11.4 Å². The van der Waals surface area contributed by atoms with Crippen LogP contribution in [0.1, 0.15) is 41.5 Å². The highest BCUT2D eigenvalue weighted by molar-refractivity contribution is 14.1. The summed E-state index contributed by atoms with van der Waals surface area (Å²) in [5.41, 5.74) is 15.8. The Morgan fingerprint density at radius 2 is 1.05 bits per heavy atom. The van der Waals surface area contributed by atoms with E-state index >= 15 is 0 Å². The molecule has 0 atom stereocenters. The Hall–Kier alpha value is -10.0. The lowest BCUT2D eigenvalue weighted by atomic mass is 10.0. The number of hydrogen-bond acceptors (Lipinski definition) is 12. The molecule has 21 heteroatoms. The van der Waals surface area contributed by atoms with Gasteiger partial charge in [-0.1, -0.05) is 12.1 Å². The van der Waals surface area contributed by atoms with E-state index in [1.807, 2.05) is 45.5 Å². The zero-order chi connectivity index (χ0) is 59.6. The van der Waals surface area contributed by atoms with Crippen molar-refractivity contribution < 1.29 is 50.3 Å². The van der Waals surface area contributed by atoms with Crippen molar-refractivity contribution in [3.05, 3.63) is 188 Å². The number of benzene rings is 6. The molecule has 85 heavy (non-hydrogen) atoms. The van der Waals surface area contributed by atoms with Crippen molar-refractivity contribution in [1.82, 2.24) is 29.7 Å². The molecule has 0 unspecified atom stereocenters. The summed E-state index contributed by atoms with van der Waals surface area (Å²) in [6.07, 6.45) is 0. The van der Waals surface area contributed by atoms with Gasteiger partial charge in [0.2, 0.25) is 0 Å². The van der Waals surface area contributed by atoms with Gasteiger partial charge in [0, 0.05) is 73.2 Å². The van der Waals surface area contributed by atoms with Gasteiger partial charge in [-0.05, 0) is 171 Å². The number of nitrogens with zero attached hydrogens (tertiary/aromatic N) is 5. The molecule has 0 spiro atoms. The molecule has 0 fully saturated rings. The molecule has 2 aliphatic rings. The van der Waals surface area contributed by atoms with E-state index in [1.54, 1.807) is 101 Å². The molecule has 0 saturated heterocycles. The summed E-state index contributed by atoms with van der Waals surface area (Å²) >= 11 is 2.21. The predicted molar refractivity (Wildman–Crippen MR) is 323 cm³/mol. The van der Waals surface area contributed by atoms with Gasteiger partial charge in [0.1, 0.15) is 74.4 Å². The molecule has 4 N–H and O–H groups in total. The van der Waals surface area contributed by atoms with Crippen LogP contribution in [0.4, 0.5) is 23.2 Å². The quantitative estimate of drug-likeness (QED) is 0.0450. The number of carbonyl (C=O) groups excluding carboxylic acids is 2. The Kier molecular flexibility index (Phi) is 14.3. The predicted octanol–water partition coefficient (Wildman–Crippen LogP) is 15.2. The van der Waals surface area contributed by atoms with Gasteiger partial charge in [-0.15, -0.1) is 4.91 Å². The summed E-state index contributed by atoms with van der Waals surface area (Å²) in [5, 5.41) is 9.73. The molecule has 2 aliphatic heterocycles. The molecule has 16 nitrogen and oxygen atoms in total. The highest BCUT2D eigenvalue weighted by Gasteiger charge is 2.29. The van der Waals surface area contributed by atoms with Crippen molar-refractivity contribution in [1.29, 1.82) is 0 Å². The SMILES string of the molecule is CC(C)(C)ON=O.CNC(=O)c1c(-c2ccc(F)cc2)oc2cc(I)c(-c3ccc4c(n3)-c3cc5c(F)cccc5n3CO4)cc12.CNC(=O)c1c(-c2ccc(F)cc2)oc2cc(N)c(-c3ccc4c(n3)-c3cc5c(F)cccc5n3CO4)cc12. The van der Waals surface area contributed by atoms with Crippen LogP contribution in [0, 0.1) is 31.7 Å². The van der Waals surface area contributed by atoms with Crippen LogP contribution in [-0.4, -0.2) is 50.6 Å². The summed E-state index contributed by atoms with van der Waals surface area (Å²) in [5.74, 6) is -0.230. The van der Waals surface area contributed by atoms with Crippen molar-refractivity contribution in [3.8, 4) is 79.4 Å². The maximum Gasteiger partial charge on any atom is 0.255 e. The van der Waals surface area contributed by atoms with Crippen LogP contribution >= 0.6 is 22.6 Å². The van der Waals surface area contributed by atoms with Gasteiger partial charge in [-0.25, -0.2) is 27.5 Å². The molecule has 0 bridgehead atoms. The van der Waals surface area contributed by atoms with Gasteiger partial charge >= 0.3 is 0 Å². The van der Waals surface area contributed by atoms with Crippen molar-refractivity contribution in [2.75, 3.05) is 19.8 Å². The fourth-order valence-electron chi connectivity index (χ4n) is 10.3. The molecule has 2 amide bonds. The lowest BCUT2D eigenvalue weighted by Crippen LogP contribution is -2.18. The number of fused-ring (bicyclic) bond motifs is 12. The smallest absolute Gasteiger partial charge is 0.255 e. The zero-order valence-electron chi connectivity index (χ0n) is 45.7. The first-order valence-corrected chi connectivity index (χ1v) is 27.4. The number of aromatic nitrogens is 4. The minimum Gasteiger partial charge on any atom is -0.470 e. The van der Waals surface area contributed by atoms with Crippen molar-refractivity contribution in [2.45, 2.75) is 39.8 Å². The van der Waals surface area contributed by atoms with Gasteiger partial charge in [-0.3, -0.25) is 9.59 Å². The number of amides is 2. The maximum absolute atomic E-state index is 14.5. The second-order valence-corrected chi connectivity index (χ2v) is 21.9. The van der Waals surface area contributed by atoms with E-state index in [2.05, 4.69) is 43.4 Å². The van der Waals surface area contributed by atoms with Gasteiger partial charge < -0.3 is 48.6 Å². The third-order valence-corrected chi connectivity index (χ3v) is 15.2. The molecule has 6 aromatic heterocycles. The normalized spacial score (nSPS) is 12.2. The molecule has 0 saturated carbocycles. The van der Waals surface area contributed by atoms with E-state index in [1.165, 1.54) is 43.4 Å². The summed E-state index contributed by atoms with van der Waals surface area (Å²) in [6.45, 7) is 5.77. The number of furan rings is 2. The molecule has 0 aliphatic carbocycles. The van der Waals surface area contributed by atoms with Crippen molar-refractivity contribution >= 4 is 83.8 Å². The highest BCUT2D eigenvalue weighted by atomic mass is 127. The monoisotopic (exact) mass is 1260 g/mol. The number of halogens is 5. The standard InChI is InChI=1S/C30H18F2IN3O3.C30H20F2N4O3.C4H9NO2/c2*1-34-30(37)27-19-11-18(21(33)13-26(19)39-29(27)15-5-7-16(31)8-6-15)22-9-10-25-28(35-22)24-12-17-20(32)3-2-4-23(17)36(24)14-38-25;1-4(2,3)7-5-6/h2-13H,14H2,1H3,(H,34,37);2-13H,14,33H2,1H3,(H,34,37);1-3H3. The number of hydrogen-bond donors (Lipinski definition) is 3. The summed E-state index contributed by atoms with van der Waals surface area (Å²) in [4.78, 5) is 49.4. The Labute approximate surface area is 494 Å². The van der Waals surface area contributed by atoms with Crippen molar-refractivity contribution in [3.63, 3.8) is 0 Å². The molecule has 12 aromatic rings. The molecule has 426 valence electrons. The molecule has 0 radical (unpaired) electrons. The average molecular weight is 1260 g/mol. The molecule has 14 rings (SSSR count). The summed E-state index contributed by atoms with van der Waals surface area (Å²) in [6, 6.07) is 39.5. The first kappa shape index (κ1) is 55.5. The Morgan fingerprint density at radius 3 is 1.48 bits per heavy atom. The van der Waals surface area contributed by atoms with Gasteiger partial charge in [0.05, 0.1) is 44.9 Å². The average Bonchev–Trinajstić information content (AvgIpc) is 3.51. The van der Waals surface area contributed by atoms with E-state index in [-0.39, 0.29) is 42.7 Å². The second-order valence-electron chi connectivity index (χ2n) is 20.7. The Bertz CT molecular complexity index is 4400. The fraction of sp³-hybridized carbons (Fsp3) is 0.125. The topological polar surface area (TPSA) is 203 Å². The zero-order valence-corrected chi connectivity index (χ0v) is 47.9.